The molecule has 1 rings (SSSR count). The van der Waals surface area contributed by atoms with Gasteiger partial charge in [0.25, 0.3) is 0 Å². The smallest absolute Gasteiger partial charge is 0.161 e. The quantitative estimate of drug-likeness (QED) is 0.886. The first kappa shape index (κ1) is 11.3. The molecule has 0 spiro atoms. The van der Waals surface area contributed by atoms with Crippen LogP contribution in [0, 0.1) is 0 Å². The van der Waals surface area contributed by atoms with Gasteiger partial charge < -0.3 is 15.2 Å². The lowest BCUT2D eigenvalue weighted by Crippen LogP contribution is -2.51. The van der Waals surface area contributed by atoms with Crippen molar-refractivity contribution < 1.29 is 15.2 Å². The summed E-state index contributed by atoms with van der Waals surface area (Å²) in [6, 6.07) is 3.90. The van der Waals surface area contributed by atoms with Crippen molar-refractivity contribution in [2.75, 3.05) is 20.8 Å². The van der Waals surface area contributed by atoms with Crippen molar-refractivity contribution >= 4 is 15.9 Å². The van der Waals surface area contributed by atoms with Crippen molar-refractivity contribution in [3.63, 3.8) is 0 Å². The minimum absolute atomic E-state index is 0.743. The van der Waals surface area contributed by atoms with E-state index in [1.54, 1.807) is 14.2 Å². The van der Waals surface area contributed by atoms with Crippen LogP contribution in [0.4, 0.5) is 0 Å². The van der Waals surface area contributed by atoms with Gasteiger partial charge in [0.2, 0.25) is 0 Å². The first-order chi connectivity index (χ1) is 6.72. The Kier molecular flexibility index (Phi) is 4.22. The number of halogens is 1. The van der Waals surface area contributed by atoms with Gasteiger partial charge in [0.05, 0.1) is 20.8 Å². The zero-order valence-electron chi connectivity index (χ0n) is 8.47. The lowest BCUT2D eigenvalue weighted by Gasteiger charge is -2.10. The highest BCUT2D eigenvalue weighted by molar-refractivity contribution is 9.10. The molecule has 0 aliphatic heterocycles. The molecule has 0 unspecified atom stereocenters. The zero-order chi connectivity index (χ0) is 10.6. The second kappa shape index (κ2) is 5.22. The van der Waals surface area contributed by atoms with Gasteiger partial charge >= 0.3 is 0 Å². The second-order valence-corrected chi connectivity index (χ2v) is 3.76. The standard InChI is InChI=1S/C10H14BrNO2/c1-13-9-5-7(3-4-12)8(11)6-10(9)14-2/h5-6H,3-4,12H2,1-2H3/p+1. The van der Waals surface area contributed by atoms with Gasteiger partial charge in [0.15, 0.2) is 11.5 Å². The van der Waals surface area contributed by atoms with Crippen LogP contribution in [0.25, 0.3) is 0 Å². The molecule has 3 N–H and O–H groups in total. The van der Waals surface area contributed by atoms with E-state index < -0.39 is 0 Å². The lowest BCUT2D eigenvalue weighted by atomic mass is 10.1. The monoisotopic (exact) mass is 260 g/mol. The molecule has 0 amide bonds. The van der Waals surface area contributed by atoms with Crippen molar-refractivity contribution in [3.8, 4) is 11.5 Å². The third kappa shape index (κ3) is 2.39. The Bertz CT molecular complexity index is 315. The van der Waals surface area contributed by atoms with Gasteiger partial charge in [-0.1, -0.05) is 15.9 Å². The highest BCUT2D eigenvalue weighted by Gasteiger charge is 2.08. The van der Waals surface area contributed by atoms with Crippen LogP contribution in [0.1, 0.15) is 5.56 Å². The Balaban J connectivity index is 3.09. The van der Waals surface area contributed by atoms with Gasteiger partial charge in [-0.15, -0.1) is 0 Å². The predicted octanol–water partition coefficient (Wildman–Crippen LogP) is 1.25. The molecule has 1 aromatic carbocycles. The Morgan fingerprint density at radius 1 is 1.21 bits per heavy atom. The molecule has 3 nitrogen and oxygen atoms in total. The number of quaternary nitrogens is 1. The topological polar surface area (TPSA) is 46.1 Å². The second-order valence-electron chi connectivity index (χ2n) is 2.90. The SMILES string of the molecule is COc1cc(Br)c(CC[NH3+])cc1OC. The molecule has 0 radical (unpaired) electrons. The minimum Gasteiger partial charge on any atom is -0.493 e. The Hall–Kier alpha value is -0.740. The highest BCUT2D eigenvalue weighted by atomic mass is 79.9. The summed E-state index contributed by atoms with van der Waals surface area (Å²) >= 11 is 3.49. The van der Waals surface area contributed by atoms with Crippen LogP contribution < -0.4 is 15.2 Å². The van der Waals surface area contributed by atoms with Crippen LogP contribution in [-0.4, -0.2) is 20.8 Å². The van der Waals surface area contributed by atoms with Crippen molar-refractivity contribution in [3.05, 3.63) is 22.2 Å². The van der Waals surface area contributed by atoms with Crippen LogP contribution in [0.5, 0.6) is 11.5 Å². The summed E-state index contributed by atoms with van der Waals surface area (Å²) in [6.07, 6.45) is 0.931. The third-order valence-electron chi connectivity index (χ3n) is 2.00. The van der Waals surface area contributed by atoms with Crippen molar-refractivity contribution in [2.24, 2.45) is 0 Å². The number of methoxy groups -OCH3 is 2. The first-order valence-electron chi connectivity index (χ1n) is 4.42. The van der Waals surface area contributed by atoms with Crippen LogP contribution in [0.15, 0.2) is 16.6 Å². The molecule has 0 saturated carbocycles. The van der Waals surface area contributed by atoms with E-state index in [0.717, 1.165) is 28.9 Å². The summed E-state index contributed by atoms with van der Waals surface area (Å²) in [5.41, 5.74) is 5.02. The lowest BCUT2D eigenvalue weighted by molar-refractivity contribution is -0.366. The number of benzene rings is 1. The molecule has 0 aliphatic carbocycles. The van der Waals surface area contributed by atoms with E-state index in [-0.39, 0.29) is 0 Å². The Morgan fingerprint density at radius 2 is 1.79 bits per heavy atom. The predicted molar refractivity (Wildman–Crippen MR) is 58.7 cm³/mol. The summed E-state index contributed by atoms with van der Waals surface area (Å²) < 4.78 is 11.4. The van der Waals surface area contributed by atoms with E-state index in [1.165, 1.54) is 5.56 Å². The molecule has 0 saturated heterocycles. The number of hydrogen-bond acceptors (Lipinski definition) is 2. The van der Waals surface area contributed by atoms with E-state index in [9.17, 15) is 0 Å². The largest absolute Gasteiger partial charge is 0.493 e. The fourth-order valence-corrected chi connectivity index (χ4v) is 1.80. The van der Waals surface area contributed by atoms with Gasteiger partial charge in [-0.05, 0) is 17.7 Å². The molecular formula is C10H15BrNO2+. The summed E-state index contributed by atoms with van der Waals surface area (Å²) in [6.45, 7) is 0.869. The maximum Gasteiger partial charge on any atom is 0.161 e. The Morgan fingerprint density at radius 3 is 2.29 bits per heavy atom. The van der Waals surface area contributed by atoms with E-state index in [1.807, 2.05) is 12.1 Å². The zero-order valence-corrected chi connectivity index (χ0v) is 10.1. The fraction of sp³-hybridized carbons (Fsp3) is 0.400. The molecule has 1 aromatic rings. The third-order valence-corrected chi connectivity index (χ3v) is 2.74. The average Bonchev–Trinajstić information content (AvgIpc) is 2.20. The first-order valence-corrected chi connectivity index (χ1v) is 5.21. The van der Waals surface area contributed by atoms with Crippen molar-refractivity contribution in [2.45, 2.75) is 6.42 Å². The normalized spacial score (nSPS) is 10.0. The highest BCUT2D eigenvalue weighted by Crippen LogP contribution is 2.33. The molecular weight excluding hydrogens is 246 g/mol. The molecule has 0 atom stereocenters. The van der Waals surface area contributed by atoms with Gasteiger partial charge in [-0.2, -0.15) is 0 Å². The average molecular weight is 261 g/mol. The van der Waals surface area contributed by atoms with E-state index in [2.05, 4.69) is 21.7 Å². The van der Waals surface area contributed by atoms with Gasteiger partial charge in [-0.25, -0.2) is 0 Å². The maximum atomic E-state index is 5.21. The van der Waals surface area contributed by atoms with Gasteiger partial charge in [-0.3, -0.25) is 0 Å². The van der Waals surface area contributed by atoms with E-state index in [4.69, 9.17) is 9.47 Å². The number of ether oxygens (including phenoxy) is 2. The Labute approximate surface area is 92.3 Å². The minimum atomic E-state index is 0.743. The molecule has 14 heavy (non-hydrogen) atoms. The number of rotatable bonds is 4. The van der Waals surface area contributed by atoms with Crippen molar-refractivity contribution in [1.29, 1.82) is 0 Å². The summed E-state index contributed by atoms with van der Waals surface area (Å²) in [5.74, 6) is 1.51. The van der Waals surface area contributed by atoms with Crippen LogP contribution >= 0.6 is 15.9 Å². The molecule has 0 bridgehead atoms. The van der Waals surface area contributed by atoms with E-state index >= 15 is 0 Å². The van der Waals surface area contributed by atoms with Crippen LogP contribution in [0.2, 0.25) is 0 Å². The summed E-state index contributed by atoms with van der Waals surface area (Å²) in [5, 5.41) is 0. The molecule has 78 valence electrons. The van der Waals surface area contributed by atoms with Gasteiger partial charge in [0.1, 0.15) is 0 Å². The number of hydrogen-bond donors (Lipinski definition) is 1. The summed E-state index contributed by atoms with van der Waals surface area (Å²) in [4.78, 5) is 0. The summed E-state index contributed by atoms with van der Waals surface area (Å²) in [7, 11) is 3.27. The van der Waals surface area contributed by atoms with Crippen LogP contribution in [0.3, 0.4) is 0 Å². The molecule has 0 aromatic heterocycles. The fourth-order valence-electron chi connectivity index (χ4n) is 1.28. The molecule has 0 aliphatic rings. The molecule has 0 heterocycles. The maximum absolute atomic E-state index is 5.21. The van der Waals surface area contributed by atoms with Gasteiger partial charge in [0, 0.05) is 10.9 Å². The van der Waals surface area contributed by atoms with Crippen molar-refractivity contribution in [1.82, 2.24) is 0 Å². The van der Waals surface area contributed by atoms with Crippen LogP contribution in [-0.2, 0) is 6.42 Å². The molecule has 4 heteroatoms. The molecule has 0 fully saturated rings. The van der Waals surface area contributed by atoms with E-state index in [0.29, 0.717) is 0 Å².